The van der Waals surface area contributed by atoms with E-state index in [2.05, 4.69) is 5.32 Å². The number of rotatable bonds is 7. The zero-order valence-electron chi connectivity index (χ0n) is 17.7. The maximum atomic E-state index is 13.2. The third-order valence-corrected chi connectivity index (χ3v) is 4.38. The zero-order chi connectivity index (χ0) is 21.6. The fraction of sp³-hybridized carbons (Fsp3) is 0.391. The first-order valence-electron chi connectivity index (χ1n) is 9.61. The van der Waals surface area contributed by atoms with E-state index in [1.54, 1.807) is 25.1 Å². The number of aryl methyl sites for hydroxylation is 1. The fourth-order valence-electron chi connectivity index (χ4n) is 2.78. The van der Waals surface area contributed by atoms with Crippen LogP contribution in [-0.4, -0.2) is 34.9 Å². The van der Waals surface area contributed by atoms with E-state index in [0.29, 0.717) is 5.75 Å². The maximum Gasteiger partial charge on any atom is 0.261 e. The van der Waals surface area contributed by atoms with Crippen LogP contribution in [0, 0.1) is 12.7 Å². The Morgan fingerprint density at radius 1 is 1.10 bits per heavy atom. The molecule has 2 amide bonds. The molecule has 0 aliphatic carbocycles. The molecule has 29 heavy (non-hydrogen) atoms. The normalized spacial score (nSPS) is 12.2. The van der Waals surface area contributed by atoms with Gasteiger partial charge in [-0.05, 0) is 63.9 Å². The molecule has 0 saturated heterocycles. The predicted molar refractivity (Wildman–Crippen MR) is 111 cm³/mol. The van der Waals surface area contributed by atoms with E-state index in [-0.39, 0.29) is 30.8 Å². The van der Waals surface area contributed by atoms with Crippen LogP contribution in [0.5, 0.6) is 5.75 Å². The summed E-state index contributed by atoms with van der Waals surface area (Å²) in [6.45, 7) is 9.20. The number of carbonyl (C=O) groups excluding carboxylic acids is 2. The van der Waals surface area contributed by atoms with Crippen molar-refractivity contribution in [2.24, 2.45) is 0 Å². The summed E-state index contributed by atoms with van der Waals surface area (Å²) in [6, 6.07) is 12.6. The maximum absolute atomic E-state index is 13.2. The molecular weight excluding hydrogens is 371 g/mol. The molecule has 1 N–H and O–H groups in total. The molecule has 1 atom stereocenters. The summed E-state index contributed by atoms with van der Waals surface area (Å²) < 4.78 is 18.9. The molecule has 5 nitrogen and oxygen atoms in total. The Morgan fingerprint density at radius 2 is 1.72 bits per heavy atom. The molecule has 0 fully saturated rings. The Bertz CT molecular complexity index is 844. The first-order valence-corrected chi connectivity index (χ1v) is 9.61. The number of hydrogen-bond acceptors (Lipinski definition) is 3. The van der Waals surface area contributed by atoms with Crippen LogP contribution < -0.4 is 10.1 Å². The van der Waals surface area contributed by atoms with Gasteiger partial charge in [0.2, 0.25) is 5.91 Å². The SMILES string of the molecule is Cc1ccccc1OCC(=O)N(Cc1ccc(F)cc1)[C@H](C)C(=O)NC(C)(C)C. The van der Waals surface area contributed by atoms with Gasteiger partial charge in [-0.3, -0.25) is 9.59 Å². The Labute approximate surface area is 171 Å². The Kier molecular flexibility index (Phi) is 7.37. The summed E-state index contributed by atoms with van der Waals surface area (Å²) in [5.74, 6) is -0.319. The van der Waals surface area contributed by atoms with Crippen LogP contribution in [0.4, 0.5) is 4.39 Å². The minimum absolute atomic E-state index is 0.176. The molecule has 2 aromatic carbocycles. The van der Waals surface area contributed by atoms with Crippen LogP contribution in [0.1, 0.15) is 38.8 Å². The zero-order valence-corrected chi connectivity index (χ0v) is 17.7. The van der Waals surface area contributed by atoms with Crippen molar-refractivity contribution in [3.8, 4) is 5.75 Å². The van der Waals surface area contributed by atoms with E-state index in [0.717, 1.165) is 11.1 Å². The van der Waals surface area contributed by atoms with Crippen LogP contribution in [0.2, 0.25) is 0 Å². The summed E-state index contributed by atoms with van der Waals surface area (Å²) in [5.41, 5.74) is 1.23. The molecule has 0 aliphatic heterocycles. The van der Waals surface area contributed by atoms with Crippen molar-refractivity contribution >= 4 is 11.8 Å². The van der Waals surface area contributed by atoms with Gasteiger partial charge in [0.1, 0.15) is 17.6 Å². The van der Waals surface area contributed by atoms with E-state index in [1.807, 2.05) is 45.9 Å². The van der Waals surface area contributed by atoms with Gasteiger partial charge in [-0.25, -0.2) is 4.39 Å². The lowest BCUT2D eigenvalue weighted by Crippen LogP contribution is -2.53. The van der Waals surface area contributed by atoms with Crippen LogP contribution in [-0.2, 0) is 16.1 Å². The molecule has 0 heterocycles. The second-order valence-corrected chi connectivity index (χ2v) is 8.12. The second kappa shape index (κ2) is 9.54. The van der Waals surface area contributed by atoms with Crippen molar-refractivity contribution in [2.75, 3.05) is 6.61 Å². The molecule has 156 valence electrons. The summed E-state index contributed by atoms with van der Waals surface area (Å²) in [5, 5.41) is 2.90. The van der Waals surface area contributed by atoms with Crippen molar-refractivity contribution in [3.05, 3.63) is 65.5 Å². The molecule has 0 aromatic heterocycles. The Hall–Kier alpha value is -2.89. The number of benzene rings is 2. The van der Waals surface area contributed by atoms with Crippen LogP contribution >= 0.6 is 0 Å². The molecule has 0 aliphatic rings. The lowest BCUT2D eigenvalue weighted by atomic mass is 10.1. The van der Waals surface area contributed by atoms with Gasteiger partial charge >= 0.3 is 0 Å². The molecular formula is C23H29FN2O3. The van der Waals surface area contributed by atoms with Crippen LogP contribution in [0.3, 0.4) is 0 Å². The first kappa shape index (κ1) is 22.4. The smallest absolute Gasteiger partial charge is 0.261 e. The molecule has 2 aromatic rings. The van der Waals surface area contributed by atoms with E-state index in [9.17, 15) is 14.0 Å². The lowest BCUT2D eigenvalue weighted by molar-refractivity contribution is -0.142. The highest BCUT2D eigenvalue weighted by molar-refractivity contribution is 5.88. The molecule has 0 radical (unpaired) electrons. The third kappa shape index (κ3) is 6.89. The highest BCUT2D eigenvalue weighted by Gasteiger charge is 2.28. The summed E-state index contributed by atoms with van der Waals surface area (Å²) in [7, 11) is 0. The molecule has 0 bridgehead atoms. The number of carbonyl (C=O) groups is 2. The van der Waals surface area contributed by atoms with Gasteiger partial charge in [-0.15, -0.1) is 0 Å². The van der Waals surface area contributed by atoms with Crippen molar-refractivity contribution in [3.63, 3.8) is 0 Å². The summed E-state index contributed by atoms with van der Waals surface area (Å²) in [6.07, 6.45) is 0. The number of amides is 2. The van der Waals surface area contributed by atoms with E-state index in [4.69, 9.17) is 4.74 Å². The standard InChI is InChI=1S/C23H29FN2O3/c1-16-8-6-7-9-20(16)29-15-21(27)26(14-18-10-12-19(24)13-11-18)17(2)22(28)25-23(3,4)5/h6-13,17H,14-15H2,1-5H3,(H,25,28)/t17-/m1/s1. The van der Waals surface area contributed by atoms with Crippen molar-refractivity contribution in [1.29, 1.82) is 0 Å². The largest absolute Gasteiger partial charge is 0.484 e. The minimum Gasteiger partial charge on any atom is -0.484 e. The predicted octanol–water partition coefficient (Wildman–Crippen LogP) is 3.84. The summed E-state index contributed by atoms with van der Waals surface area (Å²) >= 11 is 0. The van der Waals surface area contributed by atoms with Crippen molar-refractivity contribution < 1.29 is 18.7 Å². The van der Waals surface area contributed by atoms with Crippen molar-refractivity contribution in [2.45, 2.75) is 52.7 Å². The first-order chi connectivity index (χ1) is 13.6. The number of para-hydroxylation sites is 1. The fourth-order valence-corrected chi connectivity index (χ4v) is 2.78. The molecule has 6 heteroatoms. The molecule has 0 unspecified atom stereocenters. The number of nitrogens with zero attached hydrogens (tertiary/aromatic N) is 1. The average molecular weight is 400 g/mol. The monoisotopic (exact) mass is 400 g/mol. The van der Waals surface area contributed by atoms with E-state index < -0.39 is 11.6 Å². The van der Waals surface area contributed by atoms with Crippen LogP contribution in [0.15, 0.2) is 48.5 Å². The van der Waals surface area contributed by atoms with E-state index in [1.165, 1.54) is 17.0 Å². The number of halogens is 1. The molecule has 0 saturated carbocycles. The van der Waals surface area contributed by atoms with Gasteiger partial charge in [0.15, 0.2) is 6.61 Å². The van der Waals surface area contributed by atoms with E-state index >= 15 is 0 Å². The van der Waals surface area contributed by atoms with Gasteiger partial charge in [0.05, 0.1) is 0 Å². The van der Waals surface area contributed by atoms with Gasteiger partial charge in [0.25, 0.3) is 5.91 Å². The number of nitrogens with one attached hydrogen (secondary N) is 1. The topological polar surface area (TPSA) is 58.6 Å². The van der Waals surface area contributed by atoms with Gasteiger partial charge < -0.3 is 15.0 Å². The highest BCUT2D eigenvalue weighted by atomic mass is 19.1. The number of ether oxygens (including phenoxy) is 1. The third-order valence-electron chi connectivity index (χ3n) is 4.38. The van der Waals surface area contributed by atoms with Gasteiger partial charge in [-0.1, -0.05) is 30.3 Å². The molecule has 0 spiro atoms. The van der Waals surface area contributed by atoms with Crippen LogP contribution in [0.25, 0.3) is 0 Å². The highest BCUT2D eigenvalue weighted by Crippen LogP contribution is 2.17. The summed E-state index contributed by atoms with van der Waals surface area (Å²) in [4.78, 5) is 27.1. The minimum atomic E-state index is -0.716. The Balaban J connectivity index is 2.18. The van der Waals surface area contributed by atoms with Gasteiger partial charge in [-0.2, -0.15) is 0 Å². The lowest BCUT2D eigenvalue weighted by Gasteiger charge is -2.31. The van der Waals surface area contributed by atoms with Gasteiger partial charge in [0, 0.05) is 12.1 Å². The average Bonchev–Trinajstić information content (AvgIpc) is 2.64. The Morgan fingerprint density at radius 3 is 2.31 bits per heavy atom. The number of hydrogen-bond donors (Lipinski definition) is 1. The quantitative estimate of drug-likeness (QED) is 0.768. The second-order valence-electron chi connectivity index (χ2n) is 8.12. The molecule has 2 rings (SSSR count). The van der Waals surface area contributed by atoms with Crippen molar-refractivity contribution in [1.82, 2.24) is 10.2 Å².